The number of aromatic nitrogens is 1. The first-order valence-corrected chi connectivity index (χ1v) is 11.0. The third-order valence-electron chi connectivity index (χ3n) is 5.57. The molecule has 0 bridgehead atoms. The maximum atomic E-state index is 13.5. The van der Waals surface area contributed by atoms with Gasteiger partial charge in [0.25, 0.3) is 5.56 Å². The highest BCUT2D eigenvalue weighted by Crippen LogP contribution is 2.30. The largest absolute Gasteiger partial charge is 0.463 e. The quantitative estimate of drug-likeness (QED) is 0.594. The third kappa shape index (κ3) is 3.79. The van der Waals surface area contributed by atoms with Crippen molar-refractivity contribution >= 4 is 23.4 Å². The number of ether oxygens (including phenoxy) is 1. The highest BCUT2D eigenvalue weighted by atomic mass is 32.1. The highest BCUT2D eigenvalue weighted by molar-refractivity contribution is 7.07. The van der Waals surface area contributed by atoms with E-state index in [1.807, 2.05) is 55.5 Å². The predicted molar refractivity (Wildman–Crippen MR) is 123 cm³/mol. The number of fused-ring (bicyclic) bond motifs is 1. The van der Waals surface area contributed by atoms with Gasteiger partial charge in [0, 0.05) is 0 Å². The summed E-state index contributed by atoms with van der Waals surface area (Å²) in [6, 6.07) is 15.0. The number of carbonyl (C=O) groups excluding carboxylic acids is 1. The van der Waals surface area contributed by atoms with Gasteiger partial charge in [-0.25, -0.2) is 9.79 Å². The number of carbonyl (C=O) groups is 1. The minimum atomic E-state index is -0.572. The van der Waals surface area contributed by atoms with E-state index in [-0.39, 0.29) is 12.2 Å². The summed E-state index contributed by atoms with van der Waals surface area (Å²) < 4.78 is 7.52. The average molecular weight is 433 g/mol. The first-order valence-electron chi connectivity index (χ1n) is 10.2. The van der Waals surface area contributed by atoms with Gasteiger partial charge < -0.3 is 4.74 Å². The fourth-order valence-electron chi connectivity index (χ4n) is 3.81. The van der Waals surface area contributed by atoms with Gasteiger partial charge in [0.2, 0.25) is 0 Å². The van der Waals surface area contributed by atoms with Crippen molar-refractivity contribution in [1.82, 2.24) is 4.57 Å². The Hall–Kier alpha value is -3.25. The van der Waals surface area contributed by atoms with Crippen molar-refractivity contribution in [2.75, 3.05) is 6.61 Å². The summed E-state index contributed by atoms with van der Waals surface area (Å²) in [6.45, 7) is 7.93. The van der Waals surface area contributed by atoms with Crippen molar-refractivity contribution in [3.63, 3.8) is 0 Å². The lowest BCUT2D eigenvalue weighted by atomic mass is 9.96. The molecule has 0 fully saturated rings. The molecule has 1 atom stereocenters. The Kier molecular flexibility index (Phi) is 5.74. The summed E-state index contributed by atoms with van der Waals surface area (Å²) in [7, 11) is 0. The van der Waals surface area contributed by atoms with Gasteiger partial charge in [0.1, 0.15) is 0 Å². The number of allylic oxidation sites excluding steroid dienone is 1. The molecule has 2 heterocycles. The molecule has 5 nitrogen and oxygen atoms in total. The fourth-order valence-corrected chi connectivity index (χ4v) is 4.85. The van der Waals surface area contributed by atoms with E-state index < -0.39 is 12.0 Å². The smallest absolute Gasteiger partial charge is 0.338 e. The minimum absolute atomic E-state index is 0.159. The maximum absolute atomic E-state index is 13.5. The monoisotopic (exact) mass is 432 g/mol. The zero-order valence-corrected chi connectivity index (χ0v) is 18.8. The first kappa shape index (κ1) is 21.0. The zero-order chi connectivity index (χ0) is 22.1. The molecule has 158 valence electrons. The van der Waals surface area contributed by atoms with Crippen molar-refractivity contribution in [2.24, 2.45) is 4.99 Å². The van der Waals surface area contributed by atoms with Crippen LogP contribution in [0.3, 0.4) is 0 Å². The molecule has 0 saturated heterocycles. The molecule has 1 unspecified atom stereocenters. The Balaban J connectivity index is 1.97. The SMILES string of the molecule is CCOC(=O)C1=C(C)N=c2s/c(=C\c3cccc(C)c3C)c(=O)n2C1c1ccccc1. The maximum Gasteiger partial charge on any atom is 0.338 e. The van der Waals surface area contributed by atoms with Crippen LogP contribution in [-0.2, 0) is 9.53 Å². The second kappa shape index (κ2) is 8.47. The van der Waals surface area contributed by atoms with Gasteiger partial charge in [0.15, 0.2) is 4.80 Å². The fraction of sp³-hybridized carbons (Fsp3) is 0.240. The molecule has 1 aromatic heterocycles. The van der Waals surface area contributed by atoms with Crippen molar-refractivity contribution in [2.45, 2.75) is 33.7 Å². The molecule has 0 N–H and O–H groups in total. The molecule has 0 spiro atoms. The molecule has 2 aromatic carbocycles. The van der Waals surface area contributed by atoms with E-state index >= 15 is 0 Å². The van der Waals surface area contributed by atoms with Gasteiger partial charge >= 0.3 is 5.97 Å². The second-order valence-corrected chi connectivity index (χ2v) is 8.51. The minimum Gasteiger partial charge on any atom is -0.463 e. The van der Waals surface area contributed by atoms with Gasteiger partial charge in [0.05, 0.1) is 28.5 Å². The van der Waals surface area contributed by atoms with Crippen LogP contribution in [0.15, 0.2) is 69.6 Å². The third-order valence-corrected chi connectivity index (χ3v) is 6.55. The van der Waals surface area contributed by atoms with E-state index in [4.69, 9.17) is 4.74 Å². The Morgan fingerprint density at radius 2 is 1.87 bits per heavy atom. The van der Waals surface area contributed by atoms with Crippen LogP contribution in [-0.4, -0.2) is 17.1 Å². The normalized spacial score (nSPS) is 16.1. The molecule has 0 aliphatic carbocycles. The lowest BCUT2D eigenvalue weighted by Gasteiger charge is -2.24. The van der Waals surface area contributed by atoms with Crippen LogP contribution in [0.25, 0.3) is 6.08 Å². The summed E-state index contributed by atoms with van der Waals surface area (Å²) in [4.78, 5) is 31.6. The lowest BCUT2D eigenvalue weighted by molar-refractivity contribution is -0.139. The van der Waals surface area contributed by atoms with Crippen LogP contribution >= 0.6 is 11.3 Å². The molecular formula is C25H24N2O3S. The van der Waals surface area contributed by atoms with Crippen LogP contribution in [0.4, 0.5) is 0 Å². The van der Waals surface area contributed by atoms with Crippen LogP contribution in [0.2, 0.25) is 0 Å². The van der Waals surface area contributed by atoms with E-state index in [1.54, 1.807) is 18.4 Å². The number of esters is 1. The summed E-state index contributed by atoms with van der Waals surface area (Å²) in [5, 5.41) is 0. The Bertz CT molecular complexity index is 1360. The van der Waals surface area contributed by atoms with Crippen LogP contribution in [0.1, 0.15) is 42.1 Å². The van der Waals surface area contributed by atoms with Gasteiger partial charge in [-0.2, -0.15) is 0 Å². The van der Waals surface area contributed by atoms with E-state index in [0.717, 1.165) is 16.7 Å². The lowest BCUT2D eigenvalue weighted by Crippen LogP contribution is -2.39. The average Bonchev–Trinajstić information content (AvgIpc) is 3.06. The van der Waals surface area contributed by atoms with E-state index in [1.165, 1.54) is 16.9 Å². The van der Waals surface area contributed by atoms with Crippen LogP contribution in [0.5, 0.6) is 0 Å². The summed E-state index contributed by atoms with van der Waals surface area (Å²) in [6.07, 6.45) is 1.91. The van der Waals surface area contributed by atoms with Gasteiger partial charge in [-0.3, -0.25) is 9.36 Å². The predicted octanol–water partition coefficient (Wildman–Crippen LogP) is 3.42. The molecular weight excluding hydrogens is 408 g/mol. The number of rotatable bonds is 4. The number of thiazole rings is 1. The summed E-state index contributed by atoms with van der Waals surface area (Å²) >= 11 is 1.34. The van der Waals surface area contributed by atoms with Gasteiger partial charge in [-0.15, -0.1) is 0 Å². The number of hydrogen-bond donors (Lipinski definition) is 0. The number of aryl methyl sites for hydroxylation is 1. The molecule has 6 heteroatoms. The summed E-state index contributed by atoms with van der Waals surface area (Å²) in [5.41, 5.74) is 4.97. The van der Waals surface area contributed by atoms with Gasteiger partial charge in [-0.1, -0.05) is 59.9 Å². The molecule has 0 radical (unpaired) electrons. The van der Waals surface area contributed by atoms with Crippen molar-refractivity contribution in [3.8, 4) is 0 Å². The van der Waals surface area contributed by atoms with Gasteiger partial charge in [-0.05, 0) is 56.0 Å². The molecule has 0 saturated carbocycles. The van der Waals surface area contributed by atoms with Crippen LogP contribution < -0.4 is 14.9 Å². The van der Waals surface area contributed by atoms with Crippen LogP contribution in [0, 0.1) is 13.8 Å². The first-order chi connectivity index (χ1) is 14.9. The second-order valence-electron chi connectivity index (χ2n) is 7.50. The van der Waals surface area contributed by atoms with Crippen molar-refractivity contribution < 1.29 is 9.53 Å². The topological polar surface area (TPSA) is 60.7 Å². The van der Waals surface area contributed by atoms with Crippen molar-refractivity contribution in [1.29, 1.82) is 0 Å². The highest BCUT2D eigenvalue weighted by Gasteiger charge is 2.33. The van der Waals surface area contributed by atoms with Crippen molar-refractivity contribution in [3.05, 3.63) is 102 Å². The molecule has 1 aliphatic rings. The van der Waals surface area contributed by atoms with E-state index in [0.29, 0.717) is 20.6 Å². The molecule has 31 heavy (non-hydrogen) atoms. The molecule has 0 amide bonds. The standard InChI is InChI=1S/C25H24N2O3S/c1-5-30-24(29)21-17(4)26-25-27(22(21)18-11-7-6-8-12-18)23(28)20(31-25)14-19-13-9-10-15(2)16(19)3/h6-14,22H,5H2,1-4H3/b20-14-. The Labute approximate surface area is 184 Å². The van der Waals surface area contributed by atoms with E-state index in [2.05, 4.69) is 18.0 Å². The molecule has 4 rings (SSSR count). The Morgan fingerprint density at radius 3 is 2.58 bits per heavy atom. The molecule has 1 aliphatic heterocycles. The summed E-state index contributed by atoms with van der Waals surface area (Å²) in [5.74, 6) is -0.443. The number of benzene rings is 2. The number of hydrogen-bond acceptors (Lipinski definition) is 5. The number of nitrogens with zero attached hydrogens (tertiary/aromatic N) is 2. The Morgan fingerprint density at radius 1 is 1.13 bits per heavy atom. The zero-order valence-electron chi connectivity index (χ0n) is 18.0. The van der Waals surface area contributed by atoms with E-state index in [9.17, 15) is 9.59 Å². The molecule has 3 aromatic rings.